The standard InChI is InChI=1S/C16H29NSi2/c1-9-13-10-11-14(18(3,4)5)16(19(6,7)8)15(13)12(2)17/h9-12H,1,17H2,2-8H3. The molecule has 1 aromatic rings. The Morgan fingerprint density at radius 2 is 1.58 bits per heavy atom. The highest BCUT2D eigenvalue weighted by Gasteiger charge is 2.31. The van der Waals surface area contributed by atoms with E-state index in [9.17, 15) is 0 Å². The summed E-state index contributed by atoms with van der Waals surface area (Å²) < 4.78 is 0. The summed E-state index contributed by atoms with van der Waals surface area (Å²) in [6, 6.07) is 4.62. The third kappa shape index (κ3) is 3.47. The first kappa shape index (κ1) is 16.4. The number of hydrogen-bond acceptors (Lipinski definition) is 1. The number of hydrogen-bond donors (Lipinski definition) is 1. The first-order valence-corrected chi connectivity index (χ1v) is 14.1. The predicted octanol–water partition coefficient (Wildman–Crippen LogP) is 3.44. The lowest BCUT2D eigenvalue weighted by molar-refractivity contribution is 0.821. The largest absolute Gasteiger partial charge is 0.324 e. The molecule has 0 amide bonds. The Hall–Kier alpha value is -0.646. The van der Waals surface area contributed by atoms with Gasteiger partial charge in [-0.05, 0) is 18.1 Å². The van der Waals surface area contributed by atoms with Crippen molar-refractivity contribution >= 4 is 32.6 Å². The molecule has 1 unspecified atom stereocenters. The third-order valence-electron chi connectivity index (χ3n) is 3.51. The van der Waals surface area contributed by atoms with Crippen molar-refractivity contribution in [2.45, 2.75) is 52.2 Å². The lowest BCUT2D eigenvalue weighted by atomic mass is 10.0. The molecule has 0 fully saturated rings. The summed E-state index contributed by atoms with van der Waals surface area (Å²) in [5, 5.41) is 3.17. The first-order chi connectivity index (χ1) is 8.50. The molecule has 0 aliphatic rings. The molecule has 0 aliphatic carbocycles. The second-order valence-corrected chi connectivity index (χ2v) is 17.5. The fourth-order valence-corrected chi connectivity index (χ4v) is 8.53. The summed E-state index contributed by atoms with van der Waals surface area (Å²) in [7, 11) is -2.79. The van der Waals surface area contributed by atoms with Crippen molar-refractivity contribution in [2.75, 3.05) is 0 Å². The number of rotatable bonds is 4. The van der Waals surface area contributed by atoms with Gasteiger partial charge in [-0.25, -0.2) is 0 Å². The van der Waals surface area contributed by atoms with Crippen molar-refractivity contribution < 1.29 is 0 Å². The van der Waals surface area contributed by atoms with Crippen molar-refractivity contribution in [3.8, 4) is 0 Å². The van der Waals surface area contributed by atoms with E-state index in [0.29, 0.717) is 0 Å². The molecule has 1 atom stereocenters. The average Bonchev–Trinajstić information content (AvgIpc) is 2.24. The van der Waals surface area contributed by atoms with Crippen LogP contribution in [0.5, 0.6) is 0 Å². The van der Waals surface area contributed by atoms with Crippen LogP contribution in [0.3, 0.4) is 0 Å². The van der Waals surface area contributed by atoms with Gasteiger partial charge in [0.25, 0.3) is 0 Å². The van der Waals surface area contributed by atoms with Gasteiger partial charge in [-0.15, -0.1) is 0 Å². The van der Waals surface area contributed by atoms with Gasteiger partial charge in [0.05, 0.1) is 16.1 Å². The second kappa shape index (κ2) is 5.39. The van der Waals surface area contributed by atoms with Gasteiger partial charge in [0.1, 0.15) is 0 Å². The summed E-state index contributed by atoms with van der Waals surface area (Å²) in [5.41, 5.74) is 8.85. The molecular formula is C16H29NSi2. The predicted molar refractivity (Wildman–Crippen MR) is 95.1 cm³/mol. The van der Waals surface area contributed by atoms with Crippen molar-refractivity contribution in [3.05, 3.63) is 29.8 Å². The highest BCUT2D eigenvalue weighted by atomic mass is 28.3. The van der Waals surface area contributed by atoms with Crippen LogP contribution in [-0.2, 0) is 0 Å². The van der Waals surface area contributed by atoms with E-state index in [1.807, 2.05) is 6.08 Å². The Morgan fingerprint density at radius 1 is 1.05 bits per heavy atom. The Kier molecular flexibility index (Phi) is 4.65. The van der Waals surface area contributed by atoms with Gasteiger partial charge in [0.2, 0.25) is 0 Å². The van der Waals surface area contributed by atoms with E-state index < -0.39 is 16.1 Å². The molecule has 106 valence electrons. The van der Waals surface area contributed by atoms with Crippen LogP contribution in [-0.4, -0.2) is 16.1 Å². The van der Waals surface area contributed by atoms with Crippen LogP contribution in [0.25, 0.3) is 6.08 Å². The van der Waals surface area contributed by atoms with Gasteiger partial charge in [-0.1, -0.05) is 74.4 Å². The Bertz CT molecular complexity index is 477. The molecule has 1 nitrogen and oxygen atoms in total. The third-order valence-corrected chi connectivity index (χ3v) is 7.83. The molecule has 2 N–H and O–H groups in total. The van der Waals surface area contributed by atoms with Gasteiger partial charge < -0.3 is 5.73 Å². The molecule has 0 bridgehead atoms. The van der Waals surface area contributed by atoms with Gasteiger partial charge in [0.15, 0.2) is 0 Å². The van der Waals surface area contributed by atoms with E-state index in [4.69, 9.17) is 5.73 Å². The maximum absolute atomic E-state index is 6.29. The van der Waals surface area contributed by atoms with Crippen molar-refractivity contribution in [1.82, 2.24) is 0 Å². The molecule has 19 heavy (non-hydrogen) atoms. The molecule has 1 rings (SSSR count). The summed E-state index contributed by atoms with van der Waals surface area (Å²) in [4.78, 5) is 0. The minimum Gasteiger partial charge on any atom is -0.324 e. The van der Waals surface area contributed by atoms with Crippen LogP contribution in [0.2, 0.25) is 39.3 Å². The van der Waals surface area contributed by atoms with E-state index >= 15 is 0 Å². The zero-order chi connectivity index (χ0) is 15.0. The molecule has 0 aromatic heterocycles. The molecule has 3 heteroatoms. The normalized spacial score (nSPS) is 14.3. The van der Waals surface area contributed by atoms with E-state index in [-0.39, 0.29) is 6.04 Å². The molecule has 0 saturated heterocycles. The van der Waals surface area contributed by atoms with Gasteiger partial charge in [-0.2, -0.15) is 0 Å². The fourth-order valence-electron chi connectivity index (χ4n) is 2.74. The lowest BCUT2D eigenvalue weighted by Crippen LogP contribution is -2.58. The highest BCUT2D eigenvalue weighted by Crippen LogP contribution is 2.20. The Balaban J connectivity index is 3.80. The van der Waals surface area contributed by atoms with E-state index in [2.05, 4.69) is 64.9 Å². The maximum atomic E-state index is 6.29. The quantitative estimate of drug-likeness (QED) is 0.845. The van der Waals surface area contributed by atoms with E-state index in [0.717, 1.165) is 0 Å². The molecule has 1 aromatic carbocycles. The summed E-state index contributed by atoms with van der Waals surface area (Å²) in [5.74, 6) is 0. The smallest absolute Gasteiger partial charge is 0.0779 e. The maximum Gasteiger partial charge on any atom is 0.0779 e. The zero-order valence-electron chi connectivity index (χ0n) is 13.6. The van der Waals surface area contributed by atoms with Crippen LogP contribution in [0.4, 0.5) is 0 Å². The van der Waals surface area contributed by atoms with E-state index in [1.165, 1.54) is 11.1 Å². The number of benzene rings is 1. The van der Waals surface area contributed by atoms with Crippen molar-refractivity contribution in [3.63, 3.8) is 0 Å². The minimum atomic E-state index is -1.44. The molecule has 0 spiro atoms. The lowest BCUT2D eigenvalue weighted by Gasteiger charge is -2.32. The number of nitrogens with two attached hydrogens (primary N) is 1. The Morgan fingerprint density at radius 3 is 1.89 bits per heavy atom. The summed E-state index contributed by atoms with van der Waals surface area (Å²) in [6.45, 7) is 20.6. The van der Waals surface area contributed by atoms with Gasteiger partial charge >= 0.3 is 0 Å². The summed E-state index contributed by atoms with van der Waals surface area (Å²) >= 11 is 0. The SMILES string of the molecule is C=Cc1ccc([Si](C)(C)C)c([Si](C)(C)C)c1C(C)N. The van der Waals surface area contributed by atoms with Crippen molar-refractivity contribution in [2.24, 2.45) is 5.73 Å². The zero-order valence-corrected chi connectivity index (χ0v) is 15.6. The van der Waals surface area contributed by atoms with E-state index in [1.54, 1.807) is 10.4 Å². The van der Waals surface area contributed by atoms with Crippen LogP contribution >= 0.6 is 0 Å². The van der Waals surface area contributed by atoms with Gasteiger partial charge in [-0.3, -0.25) is 0 Å². The second-order valence-electron chi connectivity index (χ2n) is 7.48. The molecule has 0 saturated carbocycles. The minimum absolute atomic E-state index is 0.0750. The van der Waals surface area contributed by atoms with Crippen LogP contribution < -0.4 is 16.1 Å². The van der Waals surface area contributed by atoms with Crippen LogP contribution in [0.15, 0.2) is 18.7 Å². The molecule has 0 aliphatic heterocycles. The average molecular weight is 292 g/mol. The molecule has 0 heterocycles. The topological polar surface area (TPSA) is 26.0 Å². The summed E-state index contributed by atoms with van der Waals surface area (Å²) in [6.07, 6.45) is 1.95. The highest BCUT2D eigenvalue weighted by molar-refractivity contribution is 6.98. The Labute approximate surface area is 120 Å². The van der Waals surface area contributed by atoms with Crippen LogP contribution in [0, 0.1) is 0 Å². The van der Waals surface area contributed by atoms with Gasteiger partial charge in [0, 0.05) is 6.04 Å². The first-order valence-electron chi connectivity index (χ1n) is 7.06. The monoisotopic (exact) mass is 291 g/mol. The fraction of sp³-hybridized carbons (Fsp3) is 0.500. The molecule has 0 radical (unpaired) electrons. The van der Waals surface area contributed by atoms with Crippen LogP contribution in [0.1, 0.15) is 24.1 Å². The molecular weight excluding hydrogens is 262 g/mol. The van der Waals surface area contributed by atoms with Crippen molar-refractivity contribution in [1.29, 1.82) is 0 Å².